The normalized spacial score (nSPS) is 16.1. The summed E-state index contributed by atoms with van der Waals surface area (Å²) in [5.74, 6) is 0. The van der Waals surface area contributed by atoms with E-state index in [2.05, 4.69) is 43.3 Å². The topological polar surface area (TPSA) is 24.7 Å². The molecule has 1 aliphatic carbocycles. The Morgan fingerprint density at radius 2 is 1.40 bits per heavy atom. The van der Waals surface area contributed by atoms with Gasteiger partial charge in [-0.3, -0.25) is 9.98 Å². The third kappa shape index (κ3) is 11.9. The van der Waals surface area contributed by atoms with E-state index < -0.39 is 0 Å². The van der Waals surface area contributed by atoms with Crippen LogP contribution in [0, 0.1) is 0 Å². The first kappa shape index (κ1) is 21.9. The minimum Gasteiger partial charge on any atom is -0.289 e. The van der Waals surface area contributed by atoms with Gasteiger partial charge in [0.2, 0.25) is 0 Å². The van der Waals surface area contributed by atoms with Crippen LogP contribution in [0.3, 0.4) is 0 Å². The number of allylic oxidation sites excluding steroid dienone is 4. The van der Waals surface area contributed by atoms with Gasteiger partial charge in [-0.05, 0) is 12.8 Å². The molecule has 0 aromatic heterocycles. The summed E-state index contributed by atoms with van der Waals surface area (Å²) in [6.07, 6.45) is 26.4. The van der Waals surface area contributed by atoms with Crippen molar-refractivity contribution in [2.45, 2.75) is 97.3 Å². The van der Waals surface area contributed by atoms with Crippen LogP contribution in [0.5, 0.6) is 0 Å². The van der Waals surface area contributed by atoms with E-state index in [9.17, 15) is 0 Å². The maximum atomic E-state index is 4.81. The Morgan fingerprint density at radius 3 is 2.08 bits per heavy atom. The average Bonchev–Trinajstić information content (AvgIpc) is 2.64. The van der Waals surface area contributed by atoms with E-state index in [-0.39, 0.29) is 0 Å². The van der Waals surface area contributed by atoms with E-state index in [1.165, 1.54) is 82.8 Å². The SMILES string of the molecule is CCCCCCCCN=C1CC=CC=C1/[C]=N/CCCCCCCC. The fraction of sp³-hybridized carbons (Fsp3) is 0.739. The number of unbranched alkanes of at least 4 members (excludes halogenated alkanes) is 10. The van der Waals surface area contributed by atoms with E-state index in [1.807, 2.05) is 0 Å². The molecule has 0 heterocycles. The summed E-state index contributed by atoms with van der Waals surface area (Å²) in [5.41, 5.74) is 2.27. The minimum absolute atomic E-state index is 0.901. The van der Waals surface area contributed by atoms with Crippen LogP contribution in [0.2, 0.25) is 0 Å². The van der Waals surface area contributed by atoms with Crippen molar-refractivity contribution in [3.8, 4) is 0 Å². The van der Waals surface area contributed by atoms with Crippen LogP contribution in [-0.4, -0.2) is 25.0 Å². The molecule has 1 rings (SSSR count). The van der Waals surface area contributed by atoms with Crippen molar-refractivity contribution in [1.29, 1.82) is 0 Å². The summed E-state index contributed by atoms with van der Waals surface area (Å²) in [5, 5.41) is 0. The maximum absolute atomic E-state index is 4.81. The van der Waals surface area contributed by atoms with Crippen molar-refractivity contribution < 1.29 is 0 Å². The lowest BCUT2D eigenvalue weighted by molar-refractivity contribution is 0.612. The first-order valence-corrected chi connectivity index (χ1v) is 10.7. The quantitative estimate of drug-likeness (QED) is 0.226. The molecule has 0 N–H and O–H groups in total. The standard InChI is InChI=1S/C23H39N2/c1-3-5-7-9-11-15-19-24-21-22-17-13-14-18-23(22)25-20-16-12-10-8-6-4-2/h13-14,17H,3-12,15-16,18-20H2,1-2H3. The molecule has 2 nitrogen and oxygen atoms in total. The predicted molar refractivity (Wildman–Crippen MR) is 113 cm³/mol. The molecule has 1 radical (unpaired) electrons. The molecule has 0 unspecified atom stereocenters. The van der Waals surface area contributed by atoms with Crippen LogP contribution in [0.25, 0.3) is 0 Å². The zero-order valence-corrected chi connectivity index (χ0v) is 16.7. The Hall–Kier alpha value is -1.18. The molecule has 0 bridgehead atoms. The van der Waals surface area contributed by atoms with E-state index in [4.69, 9.17) is 4.99 Å². The van der Waals surface area contributed by atoms with Crippen LogP contribution in [-0.2, 0) is 0 Å². The maximum Gasteiger partial charge on any atom is 0.0923 e. The zero-order valence-electron chi connectivity index (χ0n) is 16.7. The number of rotatable bonds is 15. The Balaban J connectivity index is 2.21. The number of hydrogen-bond acceptors (Lipinski definition) is 2. The highest BCUT2D eigenvalue weighted by molar-refractivity contribution is 6.17. The van der Waals surface area contributed by atoms with E-state index in [0.29, 0.717) is 0 Å². The van der Waals surface area contributed by atoms with Crippen molar-refractivity contribution in [2.24, 2.45) is 9.98 Å². The first-order valence-electron chi connectivity index (χ1n) is 10.7. The van der Waals surface area contributed by atoms with Gasteiger partial charge in [-0.15, -0.1) is 0 Å². The second-order valence-electron chi connectivity index (χ2n) is 7.07. The largest absolute Gasteiger partial charge is 0.289 e. The lowest BCUT2D eigenvalue weighted by atomic mass is 10.0. The lowest BCUT2D eigenvalue weighted by Gasteiger charge is -2.08. The highest BCUT2D eigenvalue weighted by Gasteiger charge is 2.06. The summed E-state index contributed by atoms with van der Waals surface area (Å²) in [6, 6.07) is 0. The van der Waals surface area contributed by atoms with Gasteiger partial charge in [-0.25, -0.2) is 0 Å². The molecule has 0 aromatic carbocycles. The van der Waals surface area contributed by atoms with Gasteiger partial charge in [-0.2, -0.15) is 0 Å². The van der Waals surface area contributed by atoms with Gasteiger partial charge >= 0.3 is 0 Å². The monoisotopic (exact) mass is 343 g/mol. The predicted octanol–water partition coefficient (Wildman–Crippen LogP) is 6.98. The molecule has 0 aliphatic heterocycles. The molecule has 0 atom stereocenters. The summed E-state index contributed by atoms with van der Waals surface area (Å²) in [6.45, 7) is 6.38. The smallest absolute Gasteiger partial charge is 0.0923 e. The average molecular weight is 344 g/mol. The number of nitrogens with zero attached hydrogens (tertiary/aromatic N) is 2. The van der Waals surface area contributed by atoms with Crippen molar-refractivity contribution in [3.63, 3.8) is 0 Å². The highest BCUT2D eigenvalue weighted by atomic mass is 14.7. The second-order valence-corrected chi connectivity index (χ2v) is 7.07. The first-order chi connectivity index (χ1) is 12.4. The van der Waals surface area contributed by atoms with Gasteiger partial charge in [0.15, 0.2) is 0 Å². The van der Waals surface area contributed by atoms with Crippen molar-refractivity contribution in [2.75, 3.05) is 13.1 Å². The van der Waals surface area contributed by atoms with Gasteiger partial charge in [0.25, 0.3) is 0 Å². The zero-order chi connectivity index (χ0) is 18.0. The summed E-state index contributed by atoms with van der Waals surface area (Å²) in [7, 11) is 0. The van der Waals surface area contributed by atoms with Crippen LogP contribution < -0.4 is 0 Å². The van der Waals surface area contributed by atoms with Crippen LogP contribution in [0.4, 0.5) is 0 Å². The fourth-order valence-electron chi connectivity index (χ4n) is 3.02. The van der Waals surface area contributed by atoms with Crippen molar-refractivity contribution in [1.82, 2.24) is 0 Å². The van der Waals surface area contributed by atoms with Crippen molar-refractivity contribution >= 4 is 11.9 Å². The molecule has 0 fully saturated rings. The third-order valence-corrected chi connectivity index (χ3v) is 4.66. The van der Waals surface area contributed by atoms with Gasteiger partial charge in [0, 0.05) is 30.8 Å². The molecule has 141 valence electrons. The van der Waals surface area contributed by atoms with E-state index in [1.54, 1.807) is 0 Å². The lowest BCUT2D eigenvalue weighted by Crippen LogP contribution is -2.07. The van der Waals surface area contributed by atoms with Gasteiger partial charge in [-0.1, -0.05) is 96.3 Å². The molecule has 0 saturated carbocycles. The summed E-state index contributed by atoms with van der Waals surface area (Å²) in [4.78, 5) is 9.31. The third-order valence-electron chi connectivity index (χ3n) is 4.66. The Kier molecular flexibility index (Phi) is 14.3. The minimum atomic E-state index is 0.901. The van der Waals surface area contributed by atoms with Gasteiger partial charge < -0.3 is 0 Å². The summed E-state index contributed by atoms with van der Waals surface area (Å²) < 4.78 is 0. The number of hydrogen-bond donors (Lipinski definition) is 0. The Labute approximate surface area is 156 Å². The van der Waals surface area contributed by atoms with E-state index in [0.717, 1.165) is 25.1 Å². The molecule has 1 aliphatic rings. The molecule has 0 aromatic rings. The number of aliphatic imine (C=N–C) groups is 2. The Bertz CT molecular complexity index is 429. The molecule has 2 heteroatoms. The van der Waals surface area contributed by atoms with Gasteiger partial charge in [0.05, 0.1) is 6.21 Å². The molecule has 0 spiro atoms. The van der Waals surface area contributed by atoms with Gasteiger partial charge in [0.1, 0.15) is 0 Å². The molecular weight excluding hydrogens is 304 g/mol. The van der Waals surface area contributed by atoms with Crippen LogP contribution in [0.15, 0.2) is 33.8 Å². The summed E-state index contributed by atoms with van der Waals surface area (Å²) >= 11 is 0. The second kappa shape index (κ2) is 16.3. The Morgan fingerprint density at radius 1 is 0.800 bits per heavy atom. The molecular formula is C23H39N2. The van der Waals surface area contributed by atoms with Crippen molar-refractivity contribution in [3.05, 3.63) is 23.8 Å². The molecule has 0 amide bonds. The molecule has 25 heavy (non-hydrogen) atoms. The van der Waals surface area contributed by atoms with E-state index >= 15 is 0 Å². The highest BCUT2D eigenvalue weighted by Crippen LogP contribution is 2.11. The van der Waals surface area contributed by atoms with Crippen LogP contribution >= 0.6 is 0 Å². The van der Waals surface area contributed by atoms with Crippen LogP contribution in [0.1, 0.15) is 97.3 Å². The molecule has 0 saturated heterocycles. The fourth-order valence-corrected chi connectivity index (χ4v) is 3.02.